The molecular formula is C25H30N2O3S. The predicted octanol–water partition coefficient (Wildman–Crippen LogP) is 5.68. The van der Waals surface area contributed by atoms with E-state index >= 15 is 0 Å². The van der Waals surface area contributed by atoms with E-state index in [0.29, 0.717) is 23.2 Å². The van der Waals surface area contributed by atoms with Gasteiger partial charge in [0.25, 0.3) is 5.91 Å². The van der Waals surface area contributed by atoms with Gasteiger partial charge < -0.3 is 20.1 Å². The largest absolute Gasteiger partial charge is 0.504 e. The van der Waals surface area contributed by atoms with Crippen molar-refractivity contribution < 1.29 is 14.6 Å². The van der Waals surface area contributed by atoms with Gasteiger partial charge in [0.2, 0.25) is 0 Å². The Kier molecular flexibility index (Phi) is 6.76. The average molecular weight is 439 g/mol. The summed E-state index contributed by atoms with van der Waals surface area (Å²) in [7, 11) is 0. The molecule has 1 heterocycles. The van der Waals surface area contributed by atoms with E-state index in [0.717, 1.165) is 30.5 Å². The second-order valence-electron chi connectivity index (χ2n) is 8.19. The van der Waals surface area contributed by atoms with Crippen LogP contribution in [0.1, 0.15) is 45.1 Å². The third-order valence-corrected chi connectivity index (χ3v) is 7.12. The fourth-order valence-electron chi connectivity index (χ4n) is 4.41. The second kappa shape index (κ2) is 9.69. The third-order valence-electron chi connectivity index (χ3n) is 6.01. The van der Waals surface area contributed by atoms with E-state index in [-0.39, 0.29) is 23.2 Å². The van der Waals surface area contributed by atoms with Crippen molar-refractivity contribution in [1.82, 2.24) is 4.90 Å². The number of phenols is 1. The molecule has 1 aliphatic heterocycles. The van der Waals surface area contributed by atoms with Gasteiger partial charge in [0.15, 0.2) is 17.0 Å². The Morgan fingerprint density at radius 2 is 1.97 bits per heavy atom. The lowest BCUT2D eigenvalue weighted by atomic mass is 9.85. The van der Waals surface area contributed by atoms with Crippen LogP contribution in [0, 0.1) is 5.92 Å². The number of nitrogens with one attached hydrogen (secondary N) is 1. The third kappa shape index (κ3) is 4.85. The van der Waals surface area contributed by atoms with Gasteiger partial charge >= 0.3 is 0 Å². The Morgan fingerprint density at radius 3 is 2.71 bits per heavy atom. The minimum atomic E-state index is -0.143. The predicted molar refractivity (Wildman–Crippen MR) is 127 cm³/mol. The maximum Gasteiger partial charge on any atom is 0.262 e. The van der Waals surface area contributed by atoms with Crippen molar-refractivity contribution in [2.24, 2.45) is 5.92 Å². The van der Waals surface area contributed by atoms with Gasteiger partial charge in [0.1, 0.15) is 0 Å². The summed E-state index contributed by atoms with van der Waals surface area (Å²) >= 11 is 1.56. The molecule has 0 bridgehead atoms. The number of ether oxygens (including phenoxy) is 1. The Hall–Kier alpha value is -2.60. The van der Waals surface area contributed by atoms with Crippen LogP contribution in [0.3, 0.4) is 0 Å². The highest BCUT2D eigenvalue weighted by Crippen LogP contribution is 2.42. The first-order valence-corrected chi connectivity index (χ1v) is 11.9. The summed E-state index contributed by atoms with van der Waals surface area (Å²) in [6, 6.07) is 15.5. The van der Waals surface area contributed by atoms with Crippen molar-refractivity contribution in [1.29, 1.82) is 0 Å². The van der Waals surface area contributed by atoms with Crippen LogP contribution in [0.25, 0.3) is 6.08 Å². The molecule has 3 atom stereocenters. The minimum absolute atomic E-state index is 0.0724. The fourth-order valence-corrected chi connectivity index (χ4v) is 5.62. The molecule has 4 rings (SSSR count). The Bertz CT molecular complexity index is 947. The van der Waals surface area contributed by atoms with Gasteiger partial charge in [-0.1, -0.05) is 55.8 Å². The zero-order valence-corrected chi connectivity index (χ0v) is 18.9. The summed E-state index contributed by atoms with van der Waals surface area (Å²) in [4.78, 5) is 16.3. The number of phenolic OH excluding ortho intramolecular Hbond substituents is 1. The number of amides is 1. The van der Waals surface area contributed by atoms with Crippen molar-refractivity contribution in [2.45, 2.75) is 51.1 Å². The molecule has 2 aromatic carbocycles. The van der Waals surface area contributed by atoms with Crippen LogP contribution in [0.5, 0.6) is 11.5 Å². The number of carbonyl (C=O) groups is 1. The van der Waals surface area contributed by atoms with Crippen LogP contribution in [-0.4, -0.2) is 34.1 Å². The van der Waals surface area contributed by atoms with Gasteiger partial charge in [-0.2, -0.15) is 0 Å². The lowest BCUT2D eigenvalue weighted by molar-refractivity contribution is -0.129. The topological polar surface area (TPSA) is 61.8 Å². The number of nitrogens with zero attached hydrogens (tertiary/aromatic N) is 1. The molecule has 1 saturated heterocycles. The summed E-state index contributed by atoms with van der Waals surface area (Å²) in [6.07, 6.45) is 6.51. The van der Waals surface area contributed by atoms with E-state index in [1.807, 2.05) is 49.4 Å². The smallest absolute Gasteiger partial charge is 0.262 e. The molecule has 164 valence electrons. The molecule has 6 heteroatoms. The number of hydrogen-bond acceptors (Lipinski definition) is 5. The highest BCUT2D eigenvalue weighted by molar-refractivity contribution is 8.05. The first-order valence-electron chi connectivity index (χ1n) is 11.0. The van der Waals surface area contributed by atoms with Gasteiger partial charge in [-0.25, -0.2) is 0 Å². The molecule has 0 spiro atoms. The fraction of sp³-hybridized carbons (Fsp3) is 0.400. The highest BCUT2D eigenvalue weighted by Gasteiger charge is 2.42. The lowest BCUT2D eigenvalue weighted by Crippen LogP contribution is -2.48. The minimum Gasteiger partial charge on any atom is -0.504 e. The zero-order chi connectivity index (χ0) is 21.8. The number of thioether (sulfide) groups is 1. The van der Waals surface area contributed by atoms with Crippen LogP contribution in [-0.2, 0) is 4.79 Å². The van der Waals surface area contributed by atoms with Crippen molar-refractivity contribution in [3.8, 4) is 11.5 Å². The van der Waals surface area contributed by atoms with Crippen LogP contribution in [0.15, 0.2) is 53.4 Å². The van der Waals surface area contributed by atoms with Crippen LogP contribution >= 0.6 is 11.8 Å². The normalized spacial score (nSPS) is 25.1. The molecule has 31 heavy (non-hydrogen) atoms. The molecule has 2 N–H and O–H groups in total. The Morgan fingerprint density at radius 1 is 1.19 bits per heavy atom. The Labute approximate surface area is 188 Å². The van der Waals surface area contributed by atoms with E-state index in [4.69, 9.17) is 4.74 Å². The molecule has 2 aliphatic rings. The van der Waals surface area contributed by atoms with E-state index < -0.39 is 0 Å². The van der Waals surface area contributed by atoms with Gasteiger partial charge in [-0.15, -0.1) is 0 Å². The molecule has 5 nitrogen and oxygen atoms in total. The maximum atomic E-state index is 13.5. The summed E-state index contributed by atoms with van der Waals surface area (Å²) < 4.78 is 5.51. The van der Waals surface area contributed by atoms with Gasteiger partial charge in [-0.3, -0.25) is 4.79 Å². The van der Waals surface area contributed by atoms with Crippen molar-refractivity contribution in [3.05, 3.63) is 59.0 Å². The SMILES string of the molecule is CCOc1cc(/C=C2\SC(Nc3ccccc3)N([C@@H]3CCCC[C@@H]3C)C2=O)ccc1O. The number of hydrogen-bond donors (Lipinski definition) is 2. The van der Waals surface area contributed by atoms with E-state index in [9.17, 15) is 9.90 Å². The summed E-state index contributed by atoms with van der Waals surface area (Å²) in [6.45, 7) is 4.61. The molecule has 0 radical (unpaired) electrons. The molecule has 2 fully saturated rings. The van der Waals surface area contributed by atoms with E-state index in [1.165, 1.54) is 6.42 Å². The van der Waals surface area contributed by atoms with Crippen LogP contribution in [0.2, 0.25) is 0 Å². The number of anilines is 1. The van der Waals surface area contributed by atoms with Crippen LogP contribution < -0.4 is 10.1 Å². The van der Waals surface area contributed by atoms with E-state index in [1.54, 1.807) is 23.9 Å². The van der Waals surface area contributed by atoms with E-state index in [2.05, 4.69) is 17.1 Å². The molecule has 1 amide bonds. The quantitative estimate of drug-likeness (QED) is 0.568. The average Bonchev–Trinajstić information content (AvgIpc) is 3.06. The number of carbonyl (C=O) groups excluding carboxylic acids is 1. The molecular weight excluding hydrogens is 408 g/mol. The zero-order valence-electron chi connectivity index (χ0n) is 18.1. The molecule has 1 aliphatic carbocycles. The molecule has 1 saturated carbocycles. The number of benzene rings is 2. The summed E-state index contributed by atoms with van der Waals surface area (Å²) in [5.74, 6) is 1.10. The molecule has 1 unspecified atom stereocenters. The standard InChI is InChI=1S/C25H30N2O3S/c1-3-30-22-15-18(13-14-21(22)28)16-23-24(29)27(20-12-8-7-9-17(20)2)25(31-23)26-19-10-5-4-6-11-19/h4-6,10-11,13-17,20,25-26,28H,3,7-9,12H2,1-2H3/b23-16-/t17-,20+,25?/m0/s1. The number of para-hydroxylation sites is 1. The van der Waals surface area contributed by atoms with Crippen molar-refractivity contribution in [3.63, 3.8) is 0 Å². The van der Waals surface area contributed by atoms with Gasteiger partial charge in [-0.05, 0) is 61.6 Å². The first-order chi connectivity index (χ1) is 15.1. The molecule has 0 aromatic heterocycles. The maximum absolute atomic E-state index is 13.5. The van der Waals surface area contributed by atoms with Crippen molar-refractivity contribution >= 4 is 29.4 Å². The number of aromatic hydroxyl groups is 1. The molecule has 2 aromatic rings. The first kappa shape index (κ1) is 21.6. The second-order valence-corrected chi connectivity index (χ2v) is 9.31. The van der Waals surface area contributed by atoms with Crippen molar-refractivity contribution in [2.75, 3.05) is 11.9 Å². The summed E-state index contributed by atoms with van der Waals surface area (Å²) in [5.41, 5.74) is 1.70. The Balaban J connectivity index is 1.64. The van der Waals surface area contributed by atoms with Gasteiger partial charge in [0, 0.05) is 11.7 Å². The lowest BCUT2D eigenvalue weighted by Gasteiger charge is -2.39. The monoisotopic (exact) mass is 438 g/mol. The van der Waals surface area contributed by atoms with Crippen LogP contribution in [0.4, 0.5) is 5.69 Å². The van der Waals surface area contributed by atoms with Gasteiger partial charge in [0.05, 0.1) is 11.5 Å². The number of rotatable bonds is 6. The highest BCUT2D eigenvalue weighted by atomic mass is 32.2. The summed E-state index contributed by atoms with van der Waals surface area (Å²) in [5, 5.41) is 13.5.